The molecule has 2 fully saturated rings. The van der Waals surface area contributed by atoms with Gasteiger partial charge in [-0.05, 0) is 50.3 Å². The number of aliphatic carboxylic acids is 1. The number of halogens is 3. The van der Waals surface area contributed by atoms with Crippen molar-refractivity contribution in [3.63, 3.8) is 0 Å². The maximum atomic E-state index is 12.8. The predicted octanol–water partition coefficient (Wildman–Crippen LogP) is 3.25. The molecule has 2 heterocycles. The molecule has 0 unspecified atom stereocenters. The zero-order chi connectivity index (χ0) is 22.5. The second kappa shape index (κ2) is 9.49. The Labute approximate surface area is 173 Å². The molecule has 2 aliphatic heterocycles. The lowest BCUT2D eigenvalue weighted by molar-refractivity contribution is -0.149. The Balaban J connectivity index is 0.000000735. The van der Waals surface area contributed by atoms with Crippen LogP contribution in [0.25, 0.3) is 0 Å². The highest BCUT2D eigenvalue weighted by Crippen LogP contribution is 2.42. The largest absolute Gasteiger partial charge is 0.481 e. The molecule has 0 bridgehead atoms. The first-order valence-electron chi connectivity index (χ1n) is 9.91. The van der Waals surface area contributed by atoms with Gasteiger partial charge in [0.1, 0.15) is 0 Å². The van der Waals surface area contributed by atoms with E-state index in [4.69, 9.17) is 9.90 Å². The number of carboxylic acid groups (broad SMARTS) is 1. The molecule has 30 heavy (non-hydrogen) atoms. The normalized spacial score (nSPS) is 24.0. The molecule has 166 valence electrons. The van der Waals surface area contributed by atoms with E-state index in [1.54, 1.807) is 4.90 Å². The van der Waals surface area contributed by atoms with E-state index in [9.17, 15) is 22.8 Å². The SMILES string of the molecule is CC(=O)O.C[C@@H]1N(C(=O)Cc2ccc(C(F)(F)F)cc2)CCC[C@@]12CCCNC2=O. The number of rotatable bonds is 2. The number of carbonyl (C=O) groups excluding carboxylic acids is 2. The molecule has 0 saturated carbocycles. The maximum absolute atomic E-state index is 12.8. The fourth-order valence-corrected chi connectivity index (χ4v) is 4.23. The van der Waals surface area contributed by atoms with Crippen LogP contribution in [0.15, 0.2) is 24.3 Å². The summed E-state index contributed by atoms with van der Waals surface area (Å²) < 4.78 is 38.0. The van der Waals surface area contributed by atoms with E-state index >= 15 is 0 Å². The third kappa shape index (κ3) is 5.52. The van der Waals surface area contributed by atoms with E-state index in [1.165, 1.54) is 12.1 Å². The minimum atomic E-state index is -4.38. The Hall–Kier alpha value is -2.58. The lowest BCUT2D eigenvalue weighted by atomic mass is 9.68. The summed E-state index contributed by atoms with van der Waals surface area (Å²) in [6.45, 7) is 4.25. The summed E-state index contributed by atoms with van der Waals surface area (Å²) in [6, 6.07) is 4.48. The number of carboxylic acids is 1. The smallest absolute Gasteiger partial charge is 0.416 e. The third-order valence-corrected chi connectivity index (χ3v) is 5.78. The van der Waals surface area contributed by atoms with Crippen LogP contribution in [0.3, 0.4) is 0 Å². The lowest BCUT2D eigenvalue weighted by Crippen LogP contribution is -2.61. The van der Waals surface area contributed by atoms with Crippen molar-refractivity contribution < 1.29 is 32.7 Å². The van der Waals surface area contributed by atoms with Crippen LogP contribution in [0.4, 0.5) is 13.2 Å². The van der Waals surface area contributed by atoms with Gasteiger partial charge in [-0.2, -0.15) is 13.2 Å². The van der Waals surface area contributed by atoms with E-state index in [-0.39, 0.29) is 24.3 Å². The number of nitrogens with zero attached hydrogens (tertiary/aromatic N) is 1. The molecule has 1 spiro atoms. The molecule has 0 aromatic heterocycles. The van der Waals surface area contributed by atoms with Gasteiger partial charge in [-0.15, -0.1) is 0 Å². The van der Waals surface area contributed by atoms with Gasteiger partial charge in [0.25, 0.3) is 5.97 Å². The number of hydrogen-bond donors (Lipinski definition) is 2. The molecular formula is C21H27F3N2O4. The summed E-state index contributed by atoms with van der Waals surface area (Å²) >= 11 is 0. The van der Waals surface area contributed by atoms with Crippen molar-refractivity contribution in [2.24, 2.45) is 5.41 Å². The molecule has 3 rings (SSSR count). The molecule has 6 nitrogen and oxygen atoms in total. The highest BCUT2D eigenvalue weighted by atomic mass is 19.4. The molecular weight excluding hydrogens is 401 g/mol. The topological polar surface area (TPSA) is 86.7 Å². The molecule has 2 aliphatic rings. The second-order valence-corrected chi connectivity index (χ2v) is 7.77. The van der Waals surface area contributed by atoms with Crippen LogP contribution in [0.2, 0.25) is 0 Å². The standard InChI is InChI=1S/C19H23F3N2O2.C2H4O2/c1-13-18(8-2-10-23-17(18)26)9-3-11-24(13)16(25)12-14-4-6-15(7-5-14)19(20,21)22;1-2(3)4/h4-7,13H,2-3,8-12H2,1H3,(H,23,26);1H3,(H,3,4)/t13-,18-;/m0./s1. The number of amides is 2. The van der Waals surface area contributed by atoms with Crippen molar-refractivity contribution in [2.75, 3.05) is 13.1 Å². The molecule has 0 radical (unpaired) electrons. The van der Waals surface area contributed by atoms with E-state index in [0.717, 1.165) is 44.7 Å². The van der Waals surface area contributed by atoms with Crippen LogP contribution in [0.1, 0.15) is 50.7 Å². The van der Waals surface area contributed by atoms with Gasteiger partial charge < -0.3 is 15.3 Å². The predicted molar refractivity (Wildman–Crippen MR) is 104 cm³/mol. The van der Waals surface area contributed by atoms with Gasteiger partial charge in [-0.3, -0.25) is 14.4 Å². The van der Waals surface area contributed by atoms with E-state index < -0.39 is 23.1 Å². The van der Waals surface area contributed by atoms with Crippen molar-refractivity contribution in [1.29, 1.82) is 0 Å². The summed E-state index contributed by atoms with van der Waals surface area (Å²) in [4.78, 5) is 36.0. The van der Waals surface area contributed by atoms with Gasteiger partial charge in [0, 0.05) is 26.1 Å². The van der Waals surface area contributed by atoms with Crippen LogP contribution < -0.4 is 5.32 Å². The molecule has 2 amide bonds. The fourth-order valence-electron chi connectivity index (χ4n) is 4.23. The number of alkyl halides is 3. The summed E-state index contributed by atoms with van der Waals surface area (Å²) in [7, 11) is 0. The summed E-state index contributed by atoms with van der Waals surface area (Å²) in [5.74, 6) is -0.960. The van der Waals surface area contributed by atoms with Gasteiger partial charge in [-0.25, -0.2) is 0 Å². The highest BCUT2D eigenvalue weighted by molar-refractivity contribution is 5.86. The van der Waals surface area contributed by atoms with Crippen LogP contribution >= 0.6 is 0 Å². The minimum Gasteiger partial charge on any atom is -0.481 e. The average molecular weight is 428 g/mol. The molecule has 2 saturated heterocycles. The Bertz CT molecular complexity index is 771. The third-order valence-electron chi connectivity index (χ3n) is 5.78. The summed E-state index contributed by atoms with van der Waals surface area (Å²) in [5.41, 5.74) is -0.715. The second-order valence-electron chi connectivity index (χ2n) is 7.77. The van der Waals surface area contributed by atoms with E-state index in [2.05, 4.69) is 5.32 Å². The molecule has 2 N–H and O–H groups in total. The first kappa shape index (κ1) is 23.7. The Morgan fingerprint density at radius 2 is 1.77 bits per heavy atom. The van der Waals surface area contributed by atoms with E-state index in [1.807, 2.05) is 6.92 Å². The molecule has 9 heteroatoms. The zero-order valence-corrected chi connectivity index (χ0v) is 17.1. The van der Waals surface area contributed by atoms with Gasteiger partial charge in [0.05, 0.1) is 17.4 Å². The lowest BCUT2D eigenvalue weighted by Gasteiger charge is -2.49. The van der Waals surface area contributed by atoms with Gasteiger partial charge in [0.2, 0.25) is 11.8 Å². The van der Waals surface area contributed by atoms with Gasteiger partial charge in [0.15, 0.2) is 0 Å². The van der Waals surface area contributed by atoms with Crippen molar-refractivity contribution in [3.05, 3.63) is 35.4 Å². The molecule has 1 aromatic carbocycles. The zero-order valence-electron chi connectivity index (χ0n) is 17.1. The van der Waals surface area contributed by atoms with Crippen LogP contribution in [0.5, 0.6) is 0 Å². The summed E-state index contributed by atoms with van der Waals surface area (Å²) in [5, 5.41) is 10.3. The summed E-state index contributed by atoms with van der Waals surface area (Å²) in [6.07, 6.45) is -1.15. The van der Waals surface area contributed by atoms with Crippen LogP contribution in [-0.4, -0.2) is 46.9 Å². The molecule has 0 aliphatic carbocycles. The molecule has 2 atom stereocenters. The fraction of sp³-hybridized carbons (Fsp3) is 0.571. The van der Waals surface area contributed by atoms with Crippen molar-refractivity contribution >= 4 is 17.8 Å². The number of hydrogen-bond acceptors (Lipinski definition) is 3. The quantitative estimate of drug-likeness (QED) is 0.757. The van der Waals surface area contributed by atoms with Gasteiger partial charge >= 0.3 is 6.18 Å². The Morgan fingerprint density at radius 1 is 1.20 bits per heavy atom. The van der Waals surface area contributed by atoms with Crippen molar-refractivity contribution in [2.45, 2.75) is 58.2 Å². The first-order valence-corrected chi connectivity index (χ1v) is 9.91. The monoisotopic (exact) mass is 428 g/mol. The van der Waals surface area contributed by atoms with Crippen molar-refractivity contribution in [3.8, 4) is 0 Å². The van der Waals surface area contributed by atoms with Crippen LogP contribution in [0, 0.1) is 5.41 Å². The van der Waals surface area contributed by atoms with Gasteiger partial charge in [-0.1, -0.05) is 12.1 Å². The van der Waals surface area contributed by atoms with Crippen LogP contribution in [-0.2, 0) is 27.0 Å². The minimum absolute atomic E-state index is 0.0169. The maximum Gasteiger partial charge on any atom is 0.416 e. The Morgan fingerprint density at radius 3 is 2.30 bits per heavy atom. The molecule has 1 aromatic rings. The Kier molecular flexibility index (Phi) is 7.49. The average Bonchev–Trinajstić information content (AvgIpc) is 2.65. The number of piperidine rings is 2. The van der Waals surface area contributed by atoms with Crippen molar-refractivity contribution in [1.82, 2.24) is 10.2 Å². The number of benzene rings is 1. The number of likely N-dealkylation sites (tertiary alicyclic amines) is 1. The highest BCUT2D eigenvalue weighted by Gasteiger charge is 2.49. The first-order chi connectivity index (χ1) is 14.0. The number of carbonyl (C=O) groups is 3. The van der Waals surface area contributed by atoms with E-state index in [0.29, 0.717) is 18.7 Å². The number of nitrogens with one attached hydrogen (secondary N) is 1.